The standard InChI is InChI=1S/C18H39N5O.HI/c1-5-19-18(20-9-8-14-24-7-3)21-15-17(4)16-23-12-10-22(6-2)11-13-23;/h17H,5-16H2,1-4H3,(H2,19,20,21);1H. The van der Waals surface area contributed by atoms with Gasteiger partial charge in [0.2, 0.25) is 0 Å². The van der Waals surface area contributed by atoms with Crippen molar-refractivity contribution in [1.82, 2.24) is 20.4 Å². The third-order valence-corrected chi connectivity index (χ3v) is 4.35. The molecule has 1 aliphatic heterocycles. The lowest BCUT2D eigenvalue weighted by Crippen LogP contribution is -2.47. The molecule has 1 atom stereocenters. The molecule has 0 bridgehead atoms. The van der Waals surface area contributed by atoms with Crippen LogP contribution in [0.25, 0.3) is 0 Å². The van der Waals surface area contributed by atoms with Gasteiger partial charge in [-0.05, 0) is 32.7 Å². The maximum Gasteiger partial charge on any atom is 0.191 e. The SMILES string of the molecule is CCNC(=NCC(C)CN1CCN(CC)CC1)NCCCOCC.I. The Morgan fingerprint density at radius 3 is 2.36 bits per heavy atom. The van der Waals surface area contributed by atoms with Crippen LogP contribution in [-0.2, 0) is 4.74 Å². The van der Waals surface area contributed by atoms with Crippen molar-refractivity contribution in [2.75, 3.05) is 72.1 Å². The molecule has 25 heavy (non-hydrogen) atoms. The van der Waals surface area contributed by atoms with E-state index < -0.39 is 0 Å². The van der Waals surface area contributed by atoms with E-state index in [-0.39, 0.29) is 24.0 Å². The van der Waals surface area contributed by atoms with Crippen LogP contribution in [0.3, 0.4) is 0 Å². The zero-order valence-corrected chi connectivity index (χ0v) is 19.1. The quantitative estimate of drug-likeness (QED) is 0.210. The van der Waals surface area contributed by atoms with Crippen LogP contribution >= 0.6 is 24.0 Å². The van der Waals surface area contributed by atoms with Gasteiger partial charge in [0.15, 0.2) is 5.96 Å². The largest absolute Gasteiger partial charge is 0.382 e. The highest BCUT2D eigenvalue weighted by molar-refractivity contribution is 14.0. The van der Waals surface area contributed by atoms with Crippen molar-refractivity contribution in [2.45, 2.75) is 34.1 Å². The lowest BCUT2D eigenvalue weighted by molar-refractivity contribution is 0.125. The molecule has 0 radical (unpaired) electrons. The molecule has 0 aromatic heterocycles. The average molecular weight is 469 g/mol. The second-order valence-corrected chi connectivity index (χ2v) is 6.54. The second kappa shape index (κ2) is 16.1. The van der Waals surface area contributed by atoms with Gasteiger partial charge < -0.3 is 25.2 Å². The number of guanidine groups is 1. The number of rotatable bonds is 11. The molecule has 1 saturated heterocycles. The number of aliphatic imine (C=N–C) groups is 1. The van der Waals surface area contributed by atoms with Crippen molar-refractivity contribution in [3.8, 4) is 0 Å². The lowest BCUT2D eigenvalue weighted by atomic mass is 10.1. The minimum atomic E-state index is 0. The molecule has 7 heteroatoms. The maximum atomic E-state index is 5.36. The summed E-state index contributed by atoms with van der Waals surface area (Å²) in [5.41, 5.74) is 0. The van der Waals surface area contributed by atoms with E-state index in [0.29, 0.717) is 5.92 Å². The van der Waals surface area contributed by atoms with Crippen LogP contribution in [0.4, 0.5) is 0 Å². The van der Waals surface area contributed by atoms with Gasteiger partial charge in [0.05, 0.1) is 0 Å². The number of hydrogen-bond acceptors (Lipinski definition) is 4. The zero-order valence-electron chi connectivity index (χ0n) is 16.7. The fourth-order valence-electron chi connectivity index (χ4n) is 2.90. The summed E-state index contributed by atoms with van der Waals surface area (Å²) in [7, 11) is 0. The maximum absolute atomic E-state index is 5.36. The molecule has 0 aromatic rings. The molecule has 6 nitrogen and oxygen atoms in total. The van der Waals surface area contributed by atoms with Crippen molar-refractivity contribution in [2.24, 2.45) is 10.9 Å². The fraction of sp³-hybridized carbons (Fsp3) is 0.944. The van der Waals surface area contributed by atoms with Crippen LogP contribution in [0.2, 0.25) is 0 Å². The van der Waals surface area contributed by atoms with Crippen molar-refractivity contribution < 1.29 is 4.74 Å². The number of likely N-dealkylation sites (N-methyl/N-ethyl adjacent to an activating group) is 1. The molecule has 0 aliphatic carbocycles. The van der Waals surface area contributed by atoms with E-state index in [2.05, 4.69) is 41.2 Å². The van der Waals surface area contributed by atoms with Gasteiger partial charge in [-0.25, -0.2) is 0 Å². The average Bonchev–Trinajstić information content (AvgIpc) is 2.60. The topological polar surface area (TPSA) is 52.1 Å². The summed E-state index contributed by atoms with van der Waals surface area (Å²) in [5.74, 6) is 1.51. The van der Waals surface area contributed by atoms with Crippen molar-refractivity contribution in [3.63, 3.8) is 0 Å². The third kappa shape index (κ3) is 12.0. The molecule has 0 spiro atoms. The highest BCUT2D eigenvalue weighted by Gasteiger charge is 2.17. The van der Waals surface area contributed by atoms with E-state index in [1.54, 1.807) is 0 Å². The van der Waals surface area contributed by atoms with Gasteiger partial charge in [0.1, 0.15) is 0 Å². The van der Waals surface area contributed by atoms with Gasteiger partial charge in [0.25, 0.3) is 0 Å². The predicted octanol–water partition coefficient (Wildman–Crippen LogP) is 1.86. The molecule has 0 amide bonds. The van der Waals surface area contributed by atoms with Crippen LogP contribution < -0.4 is 10.6 Å². The summed E-state index contributed by atoms with van der Waals surface area (Å²) >= 11 is 0. The Labute approximate surface area is 172 Å². The van der Waals surface area contributed by atoms with E-state index in [0.717, 1.165) is 51.8 Å². The summed E-state index contributed by atoms with van der Waals surface area (Å²) < 4.78 is 5.36. The van der Waals surface area contributed by atoms with Gasteiger partial charge >= 0.3 is 0 Å². The van der Waals surface area contributed by atoms with Gasteiger partial charge in [-0.1, -0.05) is 13.8 Å². The molecule has 150 valence electrons. The fourth-order valence-corrected chi connectivity index (χ4v) is 2.90. The van der Waals surface area contributed by atoms with Gasteiger partial charge in [-0.3, -0.25) is 4.99 Å². The first-order chi connectivity index (χ1) is 11.7. The first-order valence-electron chi connectivity index (χ1n) is 9.74. The monoisotopic (exact) mass is 469 g/mol. The molecule has 1 unspecified atom stereocenters. The van der Waals surface area contributed by atoms with Gasteiger partial charge in [-0.15, -0.1) is 24.0 Å². The van der Waals surface area contributed by atoms with Crippen LogP contribution in [0, 0.1) is 5.92 Å². The number of nitrogens with one attached hydrogen (secondary N) is 2. The number of piperazine rings is 1. The first-order valence-corrected chi connectivity index (χ1v) is 9.74. The van der Waals surface area contributed by atoms with Crippen LogP contribution in [0.15, 0.2) is 4.99 Å². The molecule has 1 fully saturated rings. The summed E-state index contributed by atoms with van der Waals surface area (Å²) in [4.78, 5) is 9.85. The summed E-state index contributed by atoms with van der Waals surface area (Å²) in [6.07, 6.45) is 1.01. The predicted molar refractivity (Wildman–Crippen MR) is 118 cm³/mol. The van der Waals surface area contributed by atoms with E-state index >= 15 is 0 Å². The van der Waals surface area contributed by atoms with E-state index in [1.165, 1.54) is 32.7 Å². The molecule has 0 aromatic carbocycles. The Morgan fingerprint density at radius 1 is 1.08 bits per heavy atom. The normalized spacial score (nSPS) is 17.8. The Balaban J connectivity index is 0.00000576. The molecule has 1 aliphatic rings. The van der Waals surface area contributed by atoms with Crippen LogP contribution in [-0.4, -0.2) is 87.9 Å². The Kier molecular flexibility index (Phi) is 16.0. The van der Waals surface area contributed by atoms with E-state index in [1.807, 2.05) is 6.92 Å². The van der Waals surface area contributed by atoms with E-state index in [4.69, 9.17) is 9.73 Å². The highest BCUT2D eigenvalue weighted by Crippen LogP contribution is 2.06. The van der Waals surface area contributed by atoms with Gasteiger partial charge in [-0.2, -0.15) is 0 Å². The second-order valence-electron chi connectivity index (χ2n) is 6.54. The molecule has 2 N–H and O–H groups in total. The first kappa shape index (κ1) is 24.9. The van der Waals surface area contributed by atoms with Gasteiger partial charge in [0, 0.05) is 65.6 Å². The zero-order chi connectivity index (χ0) is 17.6. The molecule has 1 rings (SSSR count). The third-order valence-electron chi connectivity index (χ3n) is 4.35. The highest BCUT2D eigenvalue weighted by atomic mass is 127. The van der Waals surface area contributed by atoms with Crippen molar-refractivity contribution in [1.29, 1.82) is 0 Å². The Hall–Kier alpha value is -0.120. The lowest BCUT2D eigenvalue weighted by Gasteiger charge is -2.35. The van der Waals surface area contributed by atoms with Crippen molar-refractivity contribution in [3.05, 3.63) is 0 Å². The summed E-state index contributed by atoms with van der Waals surface area (Å²) in [6.45, 7) is 20.1. The minimum absolute atomic E-state index is 0. The molecular weight excluding hydrogens is 429 g/mol. The van der Waals surface area contributed by atoms with Crippen LogP contribution in [0.1, 0.15) is 34.1 Å². The number of hydrogen-bond donors (Lipinski definition) is 2. The summed E-state index contributed by atoms with van der Waals surface area (Å²) in [6, 6.07) is 0. The Bertz CT molecular complexity index is 335. The number of ether oxygens (including phenoxy) is 1. The number of halogens is 1. The van der Waals surface area contributed by atoms with E-state index in [9.17, 15) is 0 Å². The molecule has 0 saturated carbocycles. The molecule has 1 heterocycles. The van der Waals surface area contributed by atoms with Crippen molar-refractivity contribution >= 4 is 29.9 Å². The van der Waals surface area contributed by atoms with Crippen LogP contribution in [0.5, 0.6) is 0 Å². The Morgan fingerprint density at radius 2 is 1.76 bits per heavy atom. The summed E-state index contributed by atoms with van der Waals surface area (Å²) in [5, 5.41) is 6.71. The molecular formula is C18H40IN5O. The number of nitrogens with zero attached hydrogens (tertiary/aromatic N) is 3. The smallest absolute Gasteiger partial charge is 0.191 e. The minimum Gasteiger partial charge on any atom is -0.382 e.